The van der Waals surface area contributed by atoms with Gasteiger partial charge < -0.3 is 9.84 Å². The Morgan fingerprint density at radius 2 is 1.94 bits per heavy atom. The van der Waals surface area contributed by atoms with Crippen LogP contribution in [0.5, 0.6) is 0 Å². The van der Waals surface area contributed by atoms with Crippen LogP contribution in [0.3, 0.4) is 0 Å². The van der Waals surface area contributed by atoms with Crippen LogP contribution in [-0.2, 0) is 0 Å². The first-order chi connectivity index (χ1) is 8.75. The second kappa shape index (κ2) is 4.10. The van der Waals surface area contributed by atoms with Gasteiger partial charge in [-0.1, -0.05) is 23.4 Å². The minimum atomic E-state index is 0.499. The summed E-state index contributed by atoms with van der Waals surface area (Å²) in [4.78, 5) is 8.30. The fourth-order valence-electron chi connectivity index (χ4n) is 1.86. The number of hydrogen-bond donors (Lipinski definition) is 1. The molecule has 5 heteroatoms. The van der Waals surface area contributed by atoms with Crippen molar-refractivity contribution >= 4 is 22.6 Å². The molecule has 0 saturated heterocycles. The van der Waals surface area contributed by atoms with Crippen LogP contribution < -0.4 is 5.32 Å². The van der Waals surface area contributed by atoms with Crippen LogP contribution in [0.15, 0.2) is 35.1 Å². The molecule has 18 heavy (non-hydrogen) atoms. The minimum absolute atomic E-state index is 0.499. The largest absolute Gasteiger partial charge is 0.339 e. The van der Waals surface area contributed by atoms with Gasteiger partial charge in [0.25, 0.3) is 5.71 Å². The number of fused-ring (bicyclic) bond motifs is 1. The van der Waals surface area contributed by atoms with Gasteiger partial charge in [-0.3, -0.25) is 0 Å². The Bertz CT molecular complexity index is 705. The van der Waals surface area contributed by atoms with Crippen LogP contribution in [0, 0.1) is 13.8 Å². The van der Waals surface area contributed by atoms with Gasteiger partial charge in [0.15, 0.2) is 0 Å². The first kappa shape index (κ1) is 10.7. The van der Waals surface area contributed by atoms with E-state index in [1.807, 2.05) is 38.1 Å². The molecular formula is C13H12N4O. The van der Waals surface area contributed by atoms with Gasteiger partial charge in [-0.25, -0.2) is 4.98 Å². The third-order valence-corrected chi connectivity index (χ3v) is 2.84. The molecule has 2 heterocycles. The lowest BCUT2D eigenvalue weighted by molar-refractivity contribution is 0.442. The number of benzene rings is 1. The van der Waals surface area contributed by atoms with Gasteiger partial charge in [-0.2, -0.15) is 4.98 Å². The van der Waals surface area contributed by atoms with Crippen molar-refractivity contribution in [2.24, 2.45) is 0 Å². The molecule has 0 fully saturated rings. The Kier molecular flexibility index (Phi) is 2.44. The SMILES string of the molecule is Cc1ccccc1Nc1ncnc2onc(C)c12. The number of rotatable bonds is 2. The van der Waals surface area contributed by atoms with E-state index in [4.69, 9.17) is 4.52 Å². The molecule has 2 aromatic heterocycles. The van der Waals surface area contributed by atoms with Crippen LogP contribution in [0.25, 0.3) is 11.1 Å². The maximum atomic E-state index is 5.12. The number of hydrogen-bond acceptors (Lipinski definition) is 5. The molecule has 90 valence electrons. The van der Waals surface area contributed by atoms with E-state index in [1.165, 1.54) is 6.33 Å². The fraction of sp³-hybridized carbons (Fsp3) is 0.154. The summed E-state index contributed by atoms with van der Waals surface area (Å²) in [5.74, 6) is 0.716. The van der Waals surface area contributed by atoms with Crippen molar-refractivity contribution in [2.45, 2.75) is 13.8 Å². The normalized spacial score (nSPS) is 10.8. The van der Waals surface area contributed by atoms with Crippen molar-refractivity contribution in [1.82, 2.24) is 15.1 Å². The molecule has 0 unspecified atom stereocenters. The Hall–Kier alpha value is -2.43. The molecule has 3 aromatic rings. The van der Waals surface area contributed by atoms with Crippen LogP contribution in [0.1, 0.15) is 11.3 Å². The molecule has 0 aliphatic carbocycles. The van der Waals surface area contributed by atoms with Crippen LogP contribution in [0.4, 0.5) is 11.5 Å². The highest BCUT2D eigenvalue weighted by Crippen LogP contribution is 2.26. The number of para-hydroxylation sites is 1. The Morgan fingerprint density at radius 3 is 2.78 bits per heavy atom. The van der Waals surface area contributed by atoms with Gasteiger partial charge in [0.1, 0.15) is 17.5 Å². The fourth-order valence-corrected chi connectivity index (χ4v) is 1.86. The number of anilines is 2. The molecule has 5 nitrogen and oxygen atoms in total. The average Bonchev–Trinajstić information content (AvgIpc) is 2.75. The monoisotopic (exact) mass is 240 g/mol. The third-order valence-electron chi connectivity index (χ3n) is 2.84. The minimum Gasteiger partial charge on any atom is -0.339 e. The summed E-state index contributed by atoms with van der Waals surface area (Å²) in [5.41, 5.74) is 3.44. The predicted molar refractivity (Wildman–Crippen MR) is 68.8 cm³/mol. The summed E-state index contributed by atoms with van der Waals surface area (Å²) >= 11 is 0. The quantitative estimate of drug-likeness (QED) is 0.746. The lowest BCUT2D eigenvalue weighted by atomic mass is 10.2. The number of nitrogens with one attached hydrogen (secondary N) is 1. The second-order valence-electron chi connectivity index (χ2n) is 4.11. The van der Waals surface area contributed by atoms with E-state index in [-0.39, 0.29) is 0 Å². The van der Waals surface area contributed by atoms with Gasteiger partial charge >= 0.3 is 0 Å². The van der Waals surface area contributed by atoms with E-state index in [0.717, 1.165) is 22.3 Å². The zero-order valence-electron chi connectivity index (χ0n) is 10.1. The Labute approximate surface area is 104 Å². The van der Waals surface area contributed by atoms with E-state index in [9.17, 15) is 0 Å². The highest BCUT2D eigenvalue weighted by atomic mass is 16.5. The molecule has 0 saturated carbocycles. The molecule has 3 rings (SSSR count). The summed E-state index contributed by atoms with van der Waals surface area (Å²) in [6.07, 6.45) is 1.47. The smallest absolute Gasteiger partial charge is 0.263 e. The van der Waals surface area contributed by atoms with E-state index in [2.05, 4.69) is 20.4 Å². The molecule has 1 N–H and O–H groups in total. The molecule has 0 atom stereocenters. The zero-order valence-corrected chi connectivity index (χ0v) is 10.1. The van der Waals surface area contributed by atoms with Gasteiger partial charge in [0.2, 0.25) is 0 Å². The molecule has 0 spiro atoms. The number of aryl methyl sites for hydroxylation is 2. The third kappa shape index (κ3) is 1.69. The van der Waals surface area contributed by atoms with Crippen LogP contribution in [-0.4, -0.2) is 15.1 Å². The number of aromatic nitrogens is 3. The van der Waals surface area contributed by atoms with E-state index >= 15 is 0 Å². The van der Waals surface area contributed by atoms with Gasteiger partial charge in [0, 0.05) is 5.69 Å². The van der Waals surface area contributed by atoms with E-state index < -0.39 is 0 Å². The molecule has 1 aromatic carbocycles. The summed E-state index contributed by atoms with van der Waals surface area (Å²) in [6, 6.07) is 8.03. The lowest BCUT2D eigenvalue weighted by Gasteiger charge is -2.08. The lowest BCUT2D eigenvalue weighted by Crippen LogP contribution is -1.97. The zero-order chi connectivity index (χ0) is 12.5. The second-order valence-corrected chi connectivity index (χ2v) is 4.11. The van der Waals surface area contributed by atoms with Crippen molar-refractivity contribution in [3.8, 4) is 0 Å². The van der Waals surface area contributed by atoms with Crippen molar-refractivity contribution < 1.29 is 4.52 Å². The maximum absolute atomic E-state index is 5.12. The number of nitrogens with zero attached hydrogens (tertiary/aromatic N) is 3. The van der Waals surface area contributed by atoms with Gasteiger partial charge in [-0.15, -0.1) is 0 Å². The maximum Gasteiger partial charge on any atom is 0.263 e. The highest BCUT2D eigenvalue weighted by molar-refractivity contribution is 5.89. The van der Waals surface area contributed by atoms with Crippen LogP contribution in [0.2, 0.25) is 0 Å². The van der Waals surface area contributed by atoms with E-state index in [1.54, 1.807) is 0 Å². The van der Waals surface area contributed by atoms with Crippen molar-refractivity contribution in [3.05, 3.63) is 41.9 Å². The topological polar surface area (TPSA) is 63.8 Å². The van der Waals surface area contributed by atoms with Crippen molar-refractivity contribution in [3.63, 3.8) is 0 Å². The highest BCUT2D eigenvalue weighted by Gasteiger charge is 2.12. The molecule has 0 radical (unpaired) electrons. The van der Waals surface area contributed by atoms with Gasteiger partial charge in [0.05, 0.1) is 5.69 Å². The Morgan fingerprint density at radius 1 is 1.11 bits per heavy atom. The average molecular weight is 240 g/mol. The summed E-state index contributed by atoms with van der Waals surface area (Å²) in [5, 5.41) is 8.01. The van der Waals surface area contributed by atoms with Crippen molar-refractivity contribution in [2.75, 3.05) is 5.32 Å². The summed E-state index contributed by atoms with van der Waals surface area (Å²) < 4.78 is 5.12. The van der Waals surface area contributed by atoms with E-state index in [0.29, 0.717) is 11.5 Å². The first-order valence-corrected chi connectivity index (χ1v) is 5.65. The standard InChI is InChI=1S/C13H12N4O/c1-8-5-3-4-6-10(8)16-12-11-9(2)17-18-13(11)15-7-14-12/h3-7H,1-2H3,(H,14,15,16). The molecule has 0 aliphatic heterocycles. The van der Waals surface area contributed by atoms with Gasteiger partial charge in [-0.05, 0) is 25.5 Å². The summed E-state index contributed by atoms with van der Waals surface area (Å²) in [6.45, 7) is 3.92. The Balaban J connectivity index is 2.10. The predicted octanol–water partition coefficient (Wildman–Crippen LogP) is 2.98. The summed E-state index contributed by atoms with van der Waals surface area (Å²) in [7, 11) is 0. The first-order valence-electron chi connectivity index (χ1n) is 5.65. The van der Waals surface area contributed by atoms with Crippen LogP contribution >= 0.6 is 0 Å². The molecule has 0 amide bonds. The van der Waals surface area contributed by atoms with Crippen molar-refractivity contribution in [1.29, 1.82) is 0 Å². The molecular weight excluding hydrogens is 228 g/mol. The molecule has 0 bridgehead atoms. The molecule has 0 aliphatic rings.